The van der Waals surface area contributed by atoms with Gasteiger partial charge in [0.15, 0.2) is 0 Å². The van der Waals surface area contributed by atoms with Gasteiger partial charge in [-0.25, -0.2) is 0 Å². The van der Waals surface area contributed by atoms with Crippen LogP contribution in [0, 0.1) is 11.3 Å². The second kappa shape index (κ2) is 3.47. The SMILES string of the molecule is CC(Br)C1CCCCC1(C)C. The first-order valence-electron chi connectivity index (χ1n) is 4.68. The summed E-state index contributed by atoms with van der Waals surface area (Å²) in [6, 6.07) is 0. The first-order chi connectivity index (χ1) is 5.04. The van der Waals surface area contributed by atoms with Crippen molar-refractivity contribution in [2.75, 3.05) is 0 Å². The van der Waals surface area contributed by atoms with Gasteiger partial charge in [-0.15, -0.1) is 0 Å². The lowest BCUT2D eigenvalue weighted by Crippen LogP contribution is -2.32. The van der Waals surface area contributed by atoms with E-state index in [9.17, 15) is 0 Å². The lowest BCUT2D eigenvalue weighted by Gasteiger charge is -2.40. The van der Waals surface area contributed by atoms with E-state index < -0.39 is 0 Å². The third-order valence-electron chi connectivity index (χ3n) is 3.14. The molecule has 1 aliphatic carbocycles. The molecule has 0 heterocycles. The maximum atomic E-state index is 3.71. The summed E-state index contributed by atoms with van der Waals surface area (Å²) < 4.78 is 0. The van der Waals surface area contributed by atoms with Crippen LogP contribution >= 0.6 is 15.9 Å². The number of halogens is 1. The zero-order chi connectivity index (χ0) is 8.48. The Balaban J connectivity index is 2.60. The molecule has 0 amide bonds. The molecule has 66 valence electrons. The molecule has 0 aromatic rings. The van der Waals surface area contributed by atoms with E-state index in [1.54, 1.807) is 0 Å². The summed E-state index contributed by atoms with van der Waals surface area (Å²) >= 11 is 3.71. The van der Waals surface area contributed by atoms with Crippen molar-refractivity contribution in [3.8, 4) is 0 Å². The smallest absolute Gasteiger partial charge is 0.0150 e. The van der Waals surface area contributed by atoms with E-state index in [2.05, 4.69) is 36.7 Å². The van der Waals surface area contributed by atoms with Gasteiger partial charge in [0.2, 0.25) is 0 Å². The van der Waals surface area contributed by atoms with Crippen molar-refractivity contribution in [1.29, 1.82) is 0 Å². The highest BCUT2D eigenvalue weighted by Gasteiger charge is 2.34. The minimum absolute atomic E-state index is 0.571. The predicted octanol–water partition coefficient (Wildman–Crippen LogP) is 3.99. The second-order valence-corrected chi connectivity index (χ2v) is 5.96. The van der Waals surface area contributed by atoms with Gasteiger partial charge in [-0.3, -0.25) is 0 Å². The standard InChI is InChI=1S/C10H19Br/c1-8(11)9-6-4-5-7-10(9,2)3/h8-9H,4-7H2,1-3H3. The molecule has 0 aromatic carbocycles. The summed E-state index contributed by atoms with van der Waals surface area (Å²) in [6.07, 6.45) is 5.69. The topological polar surface area (TPSA) is 0 Å². The molecule has 0 spiro atoms. The van der Waals surface area contributed by atoms with Crippen molar-refractivity contribution >= 4 is 15.9 Å². The minimum atomic E-state index is 0.571. The maximum Gasteiger partial charge on any atom is 0.0150 e. The molecule has 1 aliphatic rings. The Morgan fingerprint density at radius 1 is 1.36 bits per heavy atom. The van der Waals surface area contributed by atoms with E-state index in [0.717, 1.165) is 5.92 Å². The maximum absolute atomic E-state index is 3.71. The normalized spacial score (nSPS) is 33.3. The molecule has 0 aromatic heterocycles. The van der Waals surface area contributed by atoms with Crippen molar-refractivity contribution in [2.45, 2.75) is 51.3 Å². The van der Waals surface area contributed by atoms with Gasteiger partial charge in [0.05, 0.1) is 0 Å². The number of hydrogen-bond acceptors (Lipinski definition) is 0. The molecule has 1 heteroatoms. The van der Waals surface area contributed by atoms with Crippen LogP contribution in [0.1, 0.15) is 46.5 Å². The van der Waals surface area contributed by atoms with Crippen molar-refractivity contribution in [2.24, 2.45) is 11.3 Å². The van der Waals surface area contributed by atoms with Gasteiger partial charge in [-0.1, -0.05) is 49.5 Å². The van der Waals surface area contributed by atoms with Gasteiger partial charge in [-0.05, 0) is 24.2 Å². The number of hydrogen-bond donors (Lipinski definition) is 0. The molecule has 1 fully saturated rings. The predicted molar refractivity (Wildman–Crippen MR) is 54.1 cm³/mol. The molecule has 0 aliphatic heterocycles. The molecule has 0 radical (unpaired) electrons. The zero-order valence-corrected chi connectivity index (χ0v) is 9.45. The van der Waals surface area contributed by atoms with Crippen LogP contribution < -0.4 is 0 Å². The van der Waals surface area contributed by atoms with Gasteiger partial charge in [0.1, 0.15) is 0 Å². The van der Waals surface area contributed by atoms with Gasteiger partial charge in [0, 0.05) is 4.83 Å². The molecule has 0 bridgehead atoms. The van der Waals surface area contributed by atoms with E-state index in [-0.39, 0.29) is 0 Å². The monoisotopic (exact) mass is 218 g/mol. The summed E-state index contributed by atoms with van der Waals surface area (Å²) in [5.41, 5.74) is 0.571. The summed E-state index contributed by atoms with van der Waals surface area (Å²) in [4.78, 5) is 0.692. The minimum Gasteiger partial charge on any atom is -0.0890 e. The Labute approximate surface area is 78.9 Å². The third-order valence-corrected chi connectivity index (χ3v) is 3.78. The third kappa shape index (κ3) is 2.21. The molecular weight excluding hydrogens is 200 g/mol. The fraction of sp³-hybridized carbons (Fsp3) is 1.00. The van der Waals surface area contributed by atoms with Crippen molar-refractivity contribution in [3.63, 3.8) is 0 Å². The molecule has 0 N–H and O–H groups in total. The highest BCUT2D eigenvalue weighted by molar-refractivity contribution is 9.09. The van der Waals surface area contributed by atoms with Crippen LogP contribution in [-0.2, 0) is 0 Å². The lowest BCUT2D eigenvalue weighted by molar-refractivity contribution is 0.140. The van der Waals surface area contributed by atoms with Gasteiger partial charge in [-0.2, -0.15) is 0 Å². The quantitative estimate of drug-likeness (QED) is 0.585. The van der Waals surface area contributed by atoms with E-state index in [1.165, 1.54) is 25.7 Å². The molecular formula is C10H19Br. The van der Waals surface area contributed by atoms with Crippen molar-refractivity contribution in [3.05, 3.63) is 0 Å². The first kappa shape index (κ1) is 9.57. The Morgan fingerprint density at radius 3 is 2.36 bits per heavy atom. The second-order valence-electron chi connectivity index (χ2n) is 4.52. The van der Waals surface area contributed by atoms with Gasteiger partial charge < -0.3 is 0 Å². The van der Waals surface area contributed by atoms with Crippen LogP contribution in [0.3, 0.4) is 0 Å². The Morgan fingerprint density at radius 2 is 2.00 bits per heavy atom. The Hall–Kier alpha value is 0.480. The van der Waals surface area contributed by atoms with Gasteiger partial charge in [0.25, 0.3) is 0 Å². The van der Waals surface area contributed by atoms with Crippen LogP contribution in [-0.4, -0.2) is 4.83 Å². The van der Waals surface area contributed by atoms with E-state index >= 15 is 0 Å². The Kier molecular flexibility index (Phi) is 3.02. The summed E-state index contributed by atoms with van der Waals surface area (Å²) in [5.74, 6) is 0.885. The molecule has 1 rings (SSSR count). The number of alkyl halides is 1. The van der Waals surface area contributed by atoms with Crippen LogP contribution in [0.4, 0.5) is 0 Å². The van der Waals surface area contributed by atoms with Crippen LogP contribution in [0.25, 0.3) is 0 Å². The zero-order valence-electron chi connectivity index (χ0n) is 7.86. The van der Waals surface area contributed by atoms with Crippen LogP contribution in [0.2, 0.25) is 0 Å². The van der Waals surface area contributed by atoms with E-state index in [0.29, 0.717) is 10.2 Å². The molecule has 2 atom stereocenters. The van der Waals surface area contributed by atoms with E-state index in [4.69, 9.17) is 0 Å². The highest BCUT2D eigenvalue weighted by Crippen LogP contribution is 2.43. The highest BCUT2D eigenvalue weighted by atomic mass is 79.9. The summed E-state index contributed by atoms with van der Waals surface area (Å²) in [5, 5.41) is 0. The van der Waals surface area contributed by atoms with Crippen LogP contribution in [0.15, 0.2) is 0 Å². The fourth-order valence-electron chi connectivity index (χ4n) is 2.37. The van der Waals surface area contributed by atoms with Crippen LogP contribution in [0.5, 0.6) is 0 Å². The Bertz CT molecular complexity index is 127. The average molecular weight is 219 g/mol. The molecule has 0 nitrogen and oxygen atoms in total. The number of rotatable bonds is 1. The molecule has 1 saturated carbocycles. The summed E-state index contributed by atoms with van der Waals surface area (Å²) in [6.45, 7) is 7.11. The lowest BCUT2D eigenvalue weighted by atomic mass is 9.68. The van der Waals surface area contributed by atoms with Crippen molar-refractivity contribution in [1.82, 2.24) is 0 Å². The van der Waals surface area contributed by atoms with E-state index in [1.807, 2.05) is 0 Å². The molecule has 11 heavy (non-hydrogen) atoms. The molecule has 0 saturated heterocycles. The fourth-order valence-corrected chi connectivity index (χ4v) is 3.35. The first-order valence-corrected chi connectivity index (χ1v) is 5.60. The largest absolute Gasteiger partial charge is 0.0890 e. The average Bonchev–Trinajstić information content (AvgIpc) is 1.85. The summed E-state index contributed by atoms with van der Waals surface area (Å²) in [7, 11) is 0. The molecule has 2 unspecified atom stereocenters. The van der Waals surface area contributed by atoms with Gasteiger partial charge >= 0.3 is 0 Å². The van der Waals surface area contributed by atoms with Crippen molar-refractivity contribution < 1.29 is 0 Å².